The summed E-state index contributed by atoms with van der Waals surface area (Å²) in [4.78, 5) is 0. The minimum absolute atomic E-state index is 0.176. The van der Waals surface area contributed by atoms with E-state index >= 15 is 0 Å². The lowest BCUT2D eigenvalue weighted by molar-refractivity contribution is 0.629. The molecule has 2 aromatic carbocycles. The third kappa shape index (κ3) is 4.70. The Labute approximate surface area is 150 Å². The zero-order valence-corrected chi connectivity index (χ0v) is 15.6. The molecule has 0 fully saturated rings. The van der Waals surface area contributed by atoms with Gasteiger partial charge in [0.2, 0.25) is 0 Å². The Morgan fingerprint density at radius 3 is 2.50 bits per heavy atom. The fraction of sp³-hybridized carbons (Fsp3) is 0.235. The van der Waals surface area contributed by atoms with Crippen molar-refractivity contribution >= 4 is 50.5 Å². The van der Waals surface area contributed by atoms with Crippen LogP contribution in [0.15, 0.2) is 46.9 Å². The van der Waals surface area contributed by atoms with Gasteiger partial charge in [-0.25, -0.2) is 0 Å². The molecule has 2 aromatic rings. The third-order valence-electron chi connectivity index (χ3n) is 3.37. The van der Waals surface area contributed by atoms with E-state index in [0.717, 1.165) is 16.6 Å². The SMILES string of the molecule is CCC(NC(=S)Nc1ccc(Br)cc1Cl)c1ccc(C)cc1. The molecule has 0 aromatic heterocycles. The number of rotatable bonds is 4. The number of hydrogen-bond acceptors (Lipinski definition) is 1. The quantitative estimate of drug-likeness (QED) is 0.633. The van der Waals surface area contributed by atoms with E-state index in [-0.39, 0.29) is 6.04 Å². The topological polar surface area (TPSA) is 24.1 Å². The smallest absolute Gasteiger partial charge is 0.171 e. The molecule has 2 nitrogen and oxygen atoms in total. The molecule has 0 aliphatic rings. The Bertz CT molecular complexity index is 658. The molecule has 5 heteroatoms. The van der Waals surface area contributed by atoms with Gasteiger partial charge in [0, 0.05) is 4.47 Å². The van der Waals surface area contributed by atoms with Gasteiger partial charge >= 0.3 is 0 Å². The van der Waals surface area contributed by atoms with E-state index in [4.69, 9.17) is 23.8 Å². The number of anilines is 1. The summed E-state index contributed by atoms with van der Waals surface area (Å²) in [6, 6.07) is 14.3. The molecule has 2 N–H and O–H groups in total. The normalized spacial score (nSPS) is 11.8. The van der Waals surface area contributed by atoms with Crippen LogP contribution in [0.5, 0.6) is 0 Å². The molecule has 1 unspecified atom stereocenters. The highest BCUT2D eigenvalue weighted by Crippen LogP contribution is 2.26. The number of benzene rings is 2. The van der Waals surface area contributed by atoms with Crippen LogP contribution < -0.4 is 10.6 Å². The van der Waals surface area contributed by atoms with Crippen LogP contribution in [-0.4, -0.2) is 5.11 Å². The lowest BCUT2D eigenvalue weighted by atomic mass is 10.0. The van der Waals surface area contributed by atoms with Crippen molar-refractivity contribution in [3.63, 3.8) is 0 Å². The van der Waals surface area contributed by atoms with E-state index in [1.54, 1.807) is 0 Å². The molecule has 1 atom stereocenters. The molecule has 0 saturated heterocycles. The van der Waals surface area contributed by atoms with Gasteiger partial charge in [-0.05, 0) is 49.3 Å². The first-order valence-electron chi connectivity index (χ1n) is 7.08. The minimum Gasteiger partial charge on any atom is -0.356 e. The highest BCUT2D eigenvalue weighted by molar-refractivity contribution is 9.10. The van der Waals surface area contributed by atoms with Crippen LogP contribution >= 0.6 is 39.7 Å². The van der Waals surface area contributed by atoms with Crippen LogP contribution in [0.1, 0.15) is 30.5 Å². The Balaban J connectivity index is 2.04. The van der Waals surface area contributed by atoms with E-state index in [0.29, 0.717) is 10.1 Å². The Kier molecular flexibility index (Phi) is 6.24. The second kappa shape index (κ2) is 7.95. The maximum Gasteiger partial charge on any atom is 0.171 e. The van der Waals surface area contributed by atoms with Crippen molar-refractivity contribution in [2.45, 2.75) is 26.3 Å². The molecule has 2 rings (SSSR count). The van der Waals surface area contributed by atoms with Crippen molar-refractivity contribution in [2.24, 2.45) is 0 Å². The van der Waals surface area contributed by atoms with Crippen LogP contribution in [0.2, 0.25) is 5.02 Å². The van der Waals surface area contributed by atoms with Gasteiger partial charge < -0.3 is 10.6 Å². The van der Waals surface area contributed by atoms with E-state index < -0.39 is 0 Å². The van der Waals surface area contributed by atoms with Crippen LogP contribution in [0.4, 0.5) is 5.69 Å². The van der Waals surface area contributed by atoms with Crippen molar-refractivity contribution < 1.29 is 0 Å². The fourth-order valence-electron chi connectivity index (χ4n) is 2.13. The number of aryl methyl sites for hydroxylation is 1. The largest absolute Gasteiger partial charge is 0.356 e. The maximum atomic E-state index is 6.20. The van der Waals surface area contributed by atoms with Crippen LogP contribution in [0, 0.1) is 6.92 Å². The van der Waals surface area contributed by atoms with E-state index in [9.17, 15) is 0 Å². The lowest BCUT2D eigenvalue weighted by Crippen LogP contribution is -2.32. The van der Waals surface area contributed by atoms with Crippen molar-refractivity contribution in [1.82, 2.24) is 5.32 Å². The average Bonchev–Trinajstić information content (AvgIpc) is 2.49. The second-order valence-corrected chi connectivity index (χ2v) is 6.83. The Morgan fingerprint density at radius 1 is 1.23 bits per heavy atom. The van der Waals surface area contributed by atoms with E-state index in [2.05, 4.69) is 64.7 Å². The van der Waals surface area contributed by atoms with Gasteiger partial charge in [0.15, 0.2) is 5.11 Å². The van der Waals surface area contributed by atoms with Gasteiger partial charge in [-0.2, -0.15) is 0 Å². The summed E-state index contributed by atoms with van der Waals surface area (Å²) in [5.41, 5.74) is 3.27. The van der Waals surface area contributed by atoms with Crippen molar-refractivity contribution in [3.8, 4) is 0 Å². The summed E-state index contributed by atoms with van der Waals surface area (Å²) in [6.45, 7) is 4.21. The summed E-state index contributed by atoms with van der Waals surface area (Å²) in [5, 5.41) is 7.69. The first-order chi connectivity index (χ1) is 10.5. The molecule has 0 saturated carbocycles. The first kappa shape index (κ1) is 17.3. The zero-order chi connectivity index (χ0) is 16.1. The van der Waals surface area contributed by atoms with Crippen molar-refractivity contribution in [3.05, 3.63) is 63.1 Å². The molecule has 0 spiro atoms. The molecule has 0 bridgehead atoms. The lowest BCUT2D eigenvalue weighted by Gasteiger charge is -2.20. The van der Waals surface area contributed by atoms with Gasteiger partial charge in [-0.15, -0.1) is 0 Å². The van der Waals surface area contributed by atoms with Crippen LogP contribution in [0.3, 0.4) is 0 Å². The second-order valence-electron chi connectivity index (χ2n) is 5.09. The summed E-state index contributed by atoms with van der Waals surface area (Å²) < 4.78 is 0.938. The van der Waals surface area contributed by atoms with Crippen molar-refractivity contribution in [2.75, 3.05) is 5.32 Å². The fourth-order valence-corrected chi connectivity index (χ4v) is 3.10. The standard InChI is InChI=1S/C17H18BrClN2S/c1-3-15(12-6-4-11(2)5-7-12)20-17(22)21-16-9-8-13(18)10-14(16)19/h4-10,15H,3H2,1-2H3,(H2,20,21,22). The van der Waals surface area contributed by atoms with Gasteiger partial charge in [0.1, 0.15) is 0 Å². The summed E-state index contributed by atoms with van der Waals surface area (Å²) in [6.07, 6.45) is 0.943. The molecule has 22 heavy (non-hydrogen) atoms. The Morgan fingerprint density at radius 2 is 1.91 bits per heavy atom. The number of thiocarbonyl (C=S) groups is 1. The highest BCUT2D eigenvalue weighted by Gasteiger charge is 2.11. The monoisotopic (exact) mass is 396 g/mol. The molecule has 0 aliphatic carbocycles. The molecule has 0 heterocycles. The highest BCUT2D eigenvalue weighted by atomic mass is 79.9. The summed E-state index contributed by atoms with van der Waals surface area (Å²) in [7, 11) is 0. The van der Waals surface area contributed by atoms with Crippen LogP contribution in [-0.2, 0) is 0 Å². The summed E-state index contributed by atoms with van der Waals surface area (Å²) in [5.74, 6) is 0. The molecular formula is C17H18BrClN2S. The van der Waals surface area contributed by atoms with Gasteiger partial charge in [0.25, 0.3) is 0 Å². The molecular weight excluding hydrogens is 380 g/mol. The van der Waals surface area contributed by atoms with Gasteiger partial charge in [0.05, 0.1) is 16.8 Å². The zero-order valence-electron chi connectivity index (χ0n) is 12.5. The molecule has 0 aliphatic heterocycles. The minimum atomic E-state index is 0.176. The molecule has 0 amide bonds. The maximum absolute atomic E-state index is 6.20. The number of nitrogens with one attached hydrogen (secondary N) is 2. The van der Waals surface area contributed by atoms with Crippen molar-refractivity contribution in [1.29, 1.82) is 0 Å². The predicted molar refractivity (Wildman–Crippen MR) is 103 cm³/mol. The number of hydrogen-bond donors (Lipinski definition) is 2. The van der Waals surface area contributed by atoms with E-state index in [1.165, 1.54) is 11.1 Å². The number of halogens is 2. The van der Waals surface area contributed by atoms with Gasteiger partial charge in [-0.3, -0.25) is 0 Å². The average molecular weight is 398 g/mol. The van der Waals surface area contributed by atoms with Gasteiger partial charge in [-0.1, -0.05) is 64.3 Å². The molecule has 0 radical (unpaired) electrons. The summed E-state index contributed by atoms with van der Waals surface area (Å²) >= 11 is 15.0. The third-order valence-corrected chi connectivity index (χ3v) is 4.40. The van der Waals surface area contributed by atoms with E-state index in [1.807, 2.05) is 18.2 Å². The molecule has 116 valence electrons. The predicted octanol–water partition coefficient (Wildman–Crippen LogP) is 5.85. The first-order valence-corrected chi connectivity index (χ1v) is 8.66. The Hall–Kier alpha value is -1.10. The van der Waals surface area contributed by atoms with Crippen LogP contribution in [0.25, 0.3) is 0 Å².